The second-order valence-electron chi connectivity index (χ2n) is 4.55. The van der Waals surface area contributed by atoms with Gasteiger partial charge in [0, 0.05) is 5.02 Å². The fraction of sp³-hybridized carbons (Fsp3) is 0.188. The van der Waals surface area contributed by atoms with Gasteiger partial charge in [0.25, 0.3) is 0 Å². The van der Waals surface area contributed by atoms with Gasteiger partial charge >= 0.3 is 0 Å². The lowest BCUT2D eigenvalue weighted by Gasteiger charge is -2.14. The molecular formula is C16H14BrClFNO2. The van der Waals surface area contributed by atoms with Crippen molar-refractivity contribution in [3.63, 3.8) is 0 Å². The summed E-state index contributed by atoms with van der Waals surface area (Å²) in [4.78, 5) is 12.1. The molecule has 0 saturated carbocycles. The number of ether oxygens (including phenoxy) is 1. The minimum absolute atomic E-state index is 0.0630. The summed E-state index contributed by atoms with van der Waals surface area (Å²) in [5, 5.41) is 3.21. The maximum absolute atomic E-state index is 13.1. The molecule has 0 unspecified atom stereocenters. The Balaban J connectivity index is 2.17. The summed E-state index contributed by atoms with van der Waals surface area (Å²) >= 11 is 9.36. The Morgan fingerprint density at radius 2 is 2.14 bits per heavy atom. The number of carbonyl (C=O) groups excluding carboxylic acids is 1. The third kappa shape index (κ3) is 4.45. The third-order valence-electron chi connectivity index (χ3n) is 2.82. The fourth-order valence-corrected chi connectivity index (χ4v) is 2.90. The first-order valence-electron chi connectivity index (χ1n) is 6.65. The van der Waals surface area contributed by atoms with Crippen molar-refractivity contribution < 1.29 is 13.9 Å². The van der Waals surface area contributed by atoms with Crippen LogP contribution in [0.4, 0.5) is 10.1 Å². The van der Waals surface area contributed by atoms with Crippen molar-refractivity contribution in [3.05, 3.63) is 57.3 Å². The second-order valence-corrected chi connectivity index (χ2v) is 5.84. The molecule has 2 aromatic rings. The Bertz CT molecular complexity index is 694. The van der Waals surface area contributed by atoms with Gasteiger partial charge in [-0.1, -0.05) is 23.7 Å². The molecule has 22 heavy (non-hydrogen) atoms. The SMILES string of the molecule is CCOc1c(Br)cc(Cl)cc1NC(=O)Cc1cccc(F)c1. The van der Waals surface area contributed by atoms with Crippen LogP contribution in [-0.4, -0.2) is 12.5 Å². The van der Waals surface area contributed by atoms with Crippen LogP contribution in [0.5, 0.6) is 5.75 Å². The van der Waals surface area contributed by atoms with Crippen LogP contribution in [0.3, 0.4) is 0 Å². The Hall–Kier alpha value is -1.59. The van der Waals surface area contributed by atoms with Crippen LogP contribution < -0.4 is 10.1 Å². The summed E-state index contributed by atoms with van der Waals surface area (Å²) in [6.07, 6.45) is 0.0630. The van der Waals surface area contributed by atoms with E-state index >= 15 is 0 Å². The zero-order chi connectivity index (χ0) is 16.1. The average molecular weight is 387 g/mol. The van der Waals surface area contributed by atoms with Crippen LogP contribution in [0.15, 0.2) is 40.9 Å². The number of hydrogen-bond donors (Lipinski definition) is 1. The van der Waals surface area contributed by atoms with Crippen molar-refractivity contribution in [3.8, 4) is 5.75 Å². The van der Waals surface area contributed by atoms with Gasteiger partial charge in [-0.15, -0.1) is 0 Å². The lowest BCUT2D eigenvalue weighted by molar-refractivity contribution is -0.115. The lowest BCUT2D eigenvalue weighted by atomic mass is 10.1. The van der Waals surface area contributed by atoms with Crippen molar-refractivity contribution in [2.24, 2.45) is 0 Å². The molecule has 1 amide bonds. The smallest absolute Gasteiger partial charge is 0.228 e. The zero-order valence-corrected chi connectivity index (χ0v) is 14.2. The molecule has 0 aliphatic rings. The summed E-state index contributed by atoms with van der Waals surface area (Å²) in [6, 6.07) is 9.23. The van der Waals surface area contributed by atoms with E-state index in [2.05, 4.69) is 21.2 Å². The Morgan fingerprint density at radius 3 is 2.82 bits per heavy atom. The molecule has 0 aliphatic carbocycles. The van der Waals surface area contributed by atoms with Gasteiger partial charge in [0.2, 0.25) is 5.91 Å². The van der Waals surface area contributed by atoms with Gasteiger partial charge in [-0.25, -0.2) is 4.39 Å². The lowest BCUT2D eigenvalue weighted by Crippen LogP contribution is -2.15. The number of anilines is 1. The predicted molar refractivity (Wildman–Crippen MR) is 89.1 cm³/mol. The normalized spacial score (nSPS) is 10.4. The van der Waals surface area contributed by atoms with E-state index in [-0.39, 0.29) is 18.1 Å². The van der Waals surface area contributed by atoms with Gasteiger partial charge in [0.1, 0.15) is 5.82 Å². The Labute approximate surface area is 141 Å². The first kappa shape index (κ1) is 16.8. The van der Waals surface area contributed by atoms with Crippen LogP contribution in [0.25, 0.3) is 0 Å². The van der Waals surface area contributed by atoms with Gasteiger partial charge in [0.15, 0.2) is 5.75 Å². The van der Waals surface area contributed by atoms with Crippen molar-refractivity contribution in [2.75, 3.05) is 11.9 Å². The maximum Gasteiger partial charge on any atom is 0.228 e. The van der Waals surface area contributed by atoms with Crippen molar-refractivity contribution >= 4 is 39.1 Å². The molecule has 1 N–H and O–H groups in total. The highest BCUT2D eigenvalue weighted by Gasteiger charge is 2.13. The van der Waals surface area contributed by atoms with Gasteiger partial charge < -0.3 is 10.1 Å². The third-order valence-corrected chi connectivity index (χ3v) is 3.63. The summed E-state index contributed by atoms with van der Waals surface area (Å²) < 4.78 is 19.3. The van der Waals surface area contributed by atoms with E-state index in [1.807, 2.05) is 6.92 Å². The van der Waals surface area contributed by atoms with Crippen LogP contribution in [0.1, 0.15) is 12.5 Å². The Kier molecular flexibility index (Phi) is 5.80. The number of benzene rings is 2. The summed E-state index contributed by atoms with van der Waals surface area (Å²) in [6.45, 7) is 2.30. The van der Waals surface area contributed by atoms with E-state index < -0.39 is 0 Å². The van der Waals surface area contributed by atoms with E-state index in [0.29, 0.717) is 33.1 Å². The molecule has 2 rings (SSSR count). The van der Waals surface area contributed by atoms with Crippen molar-refractivity contribution in [1.29, 1.82) is 0 Å². The molecule has 0 heterocycles. The first-order valence-corrected chi connectivity index (χ1v) is 7.83. The van der Waals surface area contributed by atoms with Crippen LogP contribution in [0.2, 0.25) is 5.02 Å². The molecule has 3 nitrogen and oxygen atoms in total. The quantitative estimate of drug-likeness (QED) is 0.800. The van der Waals surface area contributed by atoms with Gasteiger partial charge in [0.05, 0.1) is 23.2 Å². The number of carbonyl (C=O) groups is 1. The van der Waals surface area contributed by atoms with Crippen molar-refractivity contribution in [2.45, 2.75) is 13.3 Å². The molecule has 2 aromatic carbocycles. The van der Waals surface area contributed by atoms with Crippen molar-refractivity contribution in [1.82, 2.24) is 0 Å². The molecule has 0 bridgehead atoms. The number of rotatable bonds is 5. The molecule has 0 fully saturated rings. The highest BCUT2D eigenvalue weighted by Crippen LogP contribution is 2.36. The van der Waals surface area contributed by atoms with E-state index in [1.54, 1.807) is 24.3 Å². The van der Waals surface area contributed by atoms with Crippen LogP contribution in [0, 0.1) is 5.82 Å². The Morgan fingerprint density at radius 1 is 1.36 bits per heavy atom. The molecular weight excluding hydrogens is 373 g/mol. The standard InChI is InChI=1S/C16H14BrClFNO2/c1-2-22-16-13(17)8-11(18)9-14(16)20-15(21)7-10-4-3-5-12(19)6-10/h3-6,8-9H,2,7H2,1H3,(H,20,21). The molecule has 0 aromatic heterocycles. The van der Waals surface area contributed by atoms with Crippen LogP contribution in [-0.2, 0) is 11.2 Å². The number of nitrogens with one attached hydrogen (secondary N) is 1. The average Bonchev–Trinajstić information content (AvgIpc) is 2.42. The minimum Gasteiger partial charge on any atom is -0.491 e. The predicted octanol–water partition coefficient (Wildman–Crippen LogP) is 4.82. The molecule has 0 saturated heterocycles. The first-order chi connectivity index (χ1) is 10.5. The number of halogens is 3. The highest BCUT2D eigenvalue weighted by molar-refractivity contribution is 9.10. The van der Waals surface area contributed by atoms with Gasteiger partial charge in [-0.05, 0) is 52.7 Å². The summed E-state index contributed by atoms with van der Waals surface area (Å²) in [5.41, 5.74) is 1.07. The number of hydrogen-bond acceptors (Lipinski definition) is 2. The van der Waals surface area contributed by atoms with Gasteiger partial charge in [-0.2, -0.15) is 0 Å². The fourth-order valence-electron chi connectivity index (χ4n) is 1.97. The molecule has 0 radical (unpaired) electrons. The van der Waals surface area contributed by atoms with E-state index in [0.717, 1.165) is 0 Å². The zero-order valence-electron chi connectivity index (χ0n) is 11.8. The molecule has 0 aliphatic heterocycles. The molecule has 0 atom stereocenters. The number of amides is 1. The maximum atomic E-state index is 13.1. The molecule has 6 heteroatoms. The van der Waals surface area contributed by atoms with E-state index in [9.17, 15) is 9.18 Å². The summed E-state index contributed by atoms with van der Waals surface area (Å²) in [7, 11) is 0. The minimum atomic E-state index is -0.370. The topological polar surface area (TPSA) is 38.3 Å². The van der Waals surface area contributed by atoms with Gasteiger partial charge in [-0.3, -0.25) is 4.79 Å². The highest BCUT2D eigenvalue weighted by atomic mass is 79.9. The monoisotopic (exact) mass is 385 g/mol. The largest absolute Gasteiger partial charge is 0.491 e. The molecule has 116 valence electrons. The second kappa shape index (κ2) is 7.61. The summed E-state index contributed by atoms with van der Waals surface area (Å²) in [5.74, 6) is -0.133. The van der Waals surface area contributed by atoms with E-state index in [1.165, 1.54) is 12.1 Å². The van der Waals surface area contributed by atoms with Crippen LogP contribution >= 0.6 is 27.5 Å². The van der Waals surface area contributed by atoms with E-state index in [4.69, 9.17) is 16.3 Å². The molecule has 0 spiro atoms.